The third-order valence-corrected chi connectivity index (χ3v) is 6.90. The Morgan fingerprint density at radius 2 is 1.21 bits per heavy atom. The van der Waals surface area contributed by atoms with Crippen molar-refractivity contribution < 1.29 is 82.5 Å². The number of carboxylic acids is 1. The van der Waals surface area contributed by atoms with Gasteiger partial charge in [-0.2, -0.15) is 0 Å². The maximum absolute atomic E-state index is 10.8. The number of aliphatic carboxylic acids is 1. The number of hydrogen-bond donors (Lipinski definition) is 6. The minimum Gasteiger partial charge on any atom is -0.549 e. The Morgan fingerprint density at radius 3 is 1.37 bits per heavy atom. The van der Waals surface area contributed by atoms with Crippen molar-refractivity contribution in [1.82, 2.24) is 0 Å². The van der Waals surface area contributed by atoms with E-state index >= 15 is 0 Å². The largest absolute Gasteiger partial charge is 1.00 e. The van der Waals surface area contributed by atoms with Gasteiger partial charge < -0.3 is 39.3 Å². The normalized spacial score (nSPS) is 14.9. The Hall–Kier alpha value is 0.920. The smallest absolute Gasteiger partial charge is 0.549 e. The van der Waals surface area contributed by atoms with Gasteiger partial charge in [0.1, 0.15) is 5.66 Å². The van der Waals surface area contributed by atoms with E-state index in [9.17, 15) is 23.6 Å². The zero-order chi connectivity index (χ0) is 14.9. The molecule has 0 aromatic carbocycles. The SMILES string of the molecule is O=C([O-])C(CC(P(=O)(O)O)P(=O)(O)O)P(=O)(O)O.[Na+]. The van der Waals surface area contributed by atoms with Gasteiger partial charge in [0.25, 0.3) is 0 Å². The Balaban J connectivity index is 0. The molecule has 0 rings (SSSR count). The van der Waals surface area contributed by atoms with Crippen molar-refractivity contribution in [3.05, 3.63) is 0 Å². The van der Waals surface area contributed by atoms with Gasteiger partial charge in [-0.05, 0) is 6.42 Å². The van der Waals surface area contributed by atoms with E-state index in [0.29, 0.717) is 0 Å². The average molecular weight is 350 g/mol. The van der Waals surface area contributed by atoms with Crippen LogP contribution >= 0.6 is 22.8 Å². The number of hydrogen-bond acceptors (Lipinski definition) is 5. The molecule has 0 aliphatic heterocycles. The van der Waals surface area contributed by atoms with E-state index in [-0.39, 0.29) is 29.6 Å². The van der Waals surface area contributed by atoms with Crippen molar-refractivity contribution in [1.29, 1.82) is 0 Å². The third-order valence-electron chi connectivity index (χ3n) is 1.89. The van der Waals surface area contributed by atoms with Crippen molar-refractivity contribution in [3.63, 3.8) is 0 Å². The first-order valence-corrected chi connectivity index (χ1v) is 9.08. The topological polar surface area (TPSA) is 213 Å². The van der Waals surface area contributed by atoms with Crippen molar-refractivity contribution >= 4 is 28.8 Å². The molecule has 0 saturated heterocycles. The van der Waals surface area contributed by atoms with Crippen LogP contribution in [0.15, 0.2) is 0 Å². The summed E-state index contributed by atoms with van der Waals surface area (Å²) in [6, 6.07) is 0. The summed E-state index contributed by atoms with van der Waals surface area (Å²) < 4.78 is 32.3. The predicted octanol–water partition coefficient (Wildman–Crippen LogP) is -5.64. The fourth-order valence-electron chi connectivity index (χ4n) is 1.04. The molecule has 0 spiro atoms. The number of carbonyl (C=O) groups excluding carboxylic acids is 1. The van der Waals surface area contributed by atoms with Crippen LogP contribution in [0.5, 0.6) is 0 Å². The van der Waals surface area contributed by atoms with Crippen molar-refractivity contribution in [3.8, 4) is 0 Å². The second kappa shape index (κ2) is 7.26. The van der Waals surface area contributed by atoms with E-state index in [4.69, 9.17) is 29.4 Å². The van der Waals surface area contributed by atoms with Gasteiger partial charge >= 0.3 is 52.3 Å². The second-order valence-electron chi connectivity index (χ2n) is 3.32. The van der Waals surface area contributed by atoms with Crippen LogP contribution in [0.4, 0.5) is 0 Å². The van der Waals surface area contributed by atoms with Crippen molar-refractivity contribution in [2.45, 2.75) is 17.5 Å². The van der Waals surface area contributed by atoms with E-state index in [0.717, 1.165) is 0 Å². The molecule has 15 heteroatoms. The van der Waals surface area contributed by atoms with Crippen molar-refractivity contribution in [2.75, 3.05) is 0 Å². The fraction of sp³-hybridized carbons (Fsp3) is 0.750. The molecule has 11 nitrogen and oxygen atoms in total. The number of rotatable bonds is 6. The fourth-order valence-corrected chi connectivity index (χ4v) is 4.67. The van der Waals surface area contributed by atoms with Gasteiger partial charge in [0.15, 0.2) is 5.40 Å². The summed E-state index contributed by atoms with van der Waals surface area (Å²) >= 11 is 0. The molecule has 0 aromatic heterocycles. The maximum Gasteiger partial charge on any atom is 1.00 e. The molecular weight excluding hydrogens is 340 g/mol. The molecular formula is C4H10NaO11P3. The van der Waals surface area contributed by atoms with Crippen LogP contribution in [0.25, 0.3) is 0 Å². The summed E-state index contributed by atoms with van der Waals surface area (Å²) in [4.78, 5) is 62.3. The van der Waals surface area contributed by atoms with Crippen LogP contribution in [0.2, 0.25) is 0 Å². The summed E-state index contributed by atoms with van der Waals surface area (Å²) in [6.07, 6.45) is -1.61. The Bertz CT molecular complexity index is 435. The molecule has 1 unspecified atom stereocenters. The first-order chi connectivity index (χ1) is 7.67. The molecule has 0 aliphatic carbocycles. The van der Waals surface area contributed by atoms with Crippen LogP contribution < -0.4 is 34.7 Å². The Kier molecular flexibility index (Phi) is 8.49. The third kappa shape index (κ3) is 7.47. The molecule has 0 fully saturated rings. The number of carbonyl (C=O) groups is 1. The monoisotopic (exact) mass is 350 g/mol. The summed E-state index contributed by atoms with van der Waals surface area (Å²) in [5.41, 5.74) is -2.72. The molecule has 6 N–H and O–H groups in total. The van der Waals surface area contributed by atoms with Gasteiger partial charge in [0.2, 0.25) is 0 Å². The zero-order valence-electron chi connectivity index (χ0n) is 9.43. The summed E-state index contributed by atoms with van der Waals surface area (Å²) in [5, 5.41) is 7.61. The number of carboxylic acid groups (broad SMARTS) is 1. The quantitative estimate of drug-likeness (QED) is 0.196. The first kappa shape index (κ1) is 22.2. The first-order valence-electron chi connectivity index (χ1n) is 4.04. The van der Waals surface area contributed by atoms with Crippen LogP contribution in [0, 0.1) is 0 Å². The molecule has 1 atom stereocenters. The van der Waals surface area contributed by atoms with Crippen LogP contribution in [0.3, 0.4) is 0 Å². The Labute approximate surface area is 128 Å². The minimum atomic E-state index is -5.46. The standard InChI is InChI=1S/C4H11O11P3.Na/c5-4(6)2(16(7,8)9)1-3(17(10,11)12)18(13,14)15;/h2-3H,1H2,(H,5,6)(H2,7,8,9)(H2,10,11,12)(H2,13,14,15);/q;+1/p-1. The van der Waals surface area contributed by atoms with E-state index in [1.165, 1.54) is 0 Å². The van der Waals surface area contributed by atoms with Crippen LogP contribution in [0.1, 0.15) is 6.42 Å². The van der Waals surface area contributed by atoms with E-state index in [2.05, 4.69) is 0 Å². The minimum absolute atomic E-state index is 0. The Morgan fingerprint density at radius 1 is 0.895 bits per heavy atom. The molecule has 0 saturated carbocycles. The van der Waals surface area contributed by atoms with Gasteiger partial charge in [-0.3, -0.25) is 13.7 Å². The molecule has 108 valence electrons. The summed E-state index contributed by atoms with van der Waals surface area (Å²) in [7, 11) is -16.3. The van der Waals surface area contributed by atoms with Gasteiger partial charge in [0.05, 0.1) is 5.97 Å². The molecule has 0 aromatic rings. The maximum atomic E-state index is 10.8. The van der Waals surface area contributed by atoms with Gasteiger partial charge in [-0.1, -0.05) is 0 Å². The molecule has 19 heavy (non-hydrogen) atoms. The van der Waals surface area contributed by atoms with E-state index in [1.54, 1.807) is 0 Å². The average Bonchev–Trinajstić information content (AvgIpc) is 1.94. The molecule has 0 aliphatic rings. The summed E-state index contributed by atoms with van der Waals surface area (Å²) in [5.74, 6) is -2.37. The van der Waals surface area contributed by atoms with E-state index < -0.39 is 46.2 Å². The predicted molar refractivity (Wildman–Crippen MR) is 53.3 cm³/mol. The van der Waals surface area contributed by atoms with Crippen molar-refractivity contribution in [2.24, 2.45) is 0 Å². The molecule has 0 amide bonds. The molecule has 0 bridgehead atoms. The van der Waals surface area contributed by atoms with Crippen LogP contribution in [-0.4, -0.2) is 46.4 Å². The van der Waals surface area contributed by atoms with Gasteiger partial charge in [-0.25, -0.2) is 0 Å². The second-order valence-corrected chi connectivity index (χ2v) is 9.13. The molecule has 0 radical (unpaired) electrons. The van der Waals surface area contributed by atoms with Gasteiger partial charge in [-0.15, -0.1) is 0 Å². The van der Waals surface area contributed by atoms with E-state index in [1.807, 2.05) is 0 Å². The van der Waals surface area contributed by atoms with Crippen LogP contribution in [-0.2, 0) is 18.5 Å². The molecule has 0 heterocycles. The summed E-state index contributed by atoms with van der Waals surface area (Å²) in [6.45, 7) is 0. The van der Waals surface area contributed by atoms with Gasteiger partial charge in [0, 0.05) is 0 Å². The zero-order valence-corrected chi connectivity index (χ0v) is 14.1.